The van der Waals surface area contributed by atoms with Gasteiger partial charge in [-0.1, -0.05) is 286 Å². The Morgan fingerprint density at radius 1 is 0.264 bits per heavy atom. The Labute approximate surface area is 666 Å². The summed E-state index contributed by atoms with van der Waals surface area (Å²) in [5.41, 5.74) is 0. The van der Waals surface area contributed by atoms with Crippen LogP contribution in [0.5, 0.6) is 0 Å². The fourth-order valence-corrected chi connectivity index (χ4v) is 11.9. The topological polar surface area (TPSA) is 237 Å². The van der Waals surface area contributed by atoms with E-state index in [2.05, 4.69) is 210 Å². The first-order chi connectivity index (χ1) is 53.7. The molecule has 0 saturated heterocycles. The summed E-state index contributed by atoms with van der Waals surface area (Å²) in [6.07, 6.45) is 99.8. The summed E-state index contributed by atoms with van der Waals surface area (Å²) in [4.78, 5) is 73.2. The van der Waals surface area contributed by atoms with Gasteiger partial charge in [-0.3, -0.25) is 37.3 Å². The minimum atomic E-state index is -5.01. The van der Waals surface area contributed by atoms with Crippen molar-refractivity contribution in [3.05, 3.63) is 194 Å². The number of aliphatic hydroxyl groups is 1. The predicted octanol–water partition coefficient (Wildman–Crippen LogP) is 24.9. The molecule has 0 aromatic heterocycles. The molecule has 110 heavy (non-hydrogen) atoms. The van der Waals surface area contributed by atoms with Crippen LogP contribution in [-0.2, 0) is 65.4 Å². The summed E-state index contributed by atoms with van der Waals surface area (Å²) in [5.74, 6) is -2.34. The van der Waals surface area contributed by atoms with Crippen LogP contribution in [0.4, 0.5) is 0 Å². The minimum absolute atomic E-state index is 0.0385. The maximum Gasteiger partial charge on any atom is 0.472 e. The SMILES string of the molecule is CC/C=C\C/C=C\C/C=C\C/C=C\C/C=C\CCCCCC(=O)OCC(COP(=O)(O)OCC(O)COP(=O)(O)OCC(COC(=O)CCC/C=C\C/C=C\C/C=C\C/C=C\C/C=C\CC)OC(=O)CCCCCCC/C=C\CCCCCCCC)OC(=O)CCCCC/C=C\C/C=C\C/C=C\C/C=C\C/C=C\CC. The third kappa shape index (κ3) is 80.0. The van der Waals surface area contributed by atoms with Crippen LogP contribution in [0, 0.1) is 0 Å². The molecule has 5 atom stereocenters. The standard InChI is InChI=1S/C91H146O17P2/c1-5-9-13-17-21-25-29-33-37-40-42-45-49-52-56-60-64-68-72-76-89(94)102-82-87(108-91(96)78-74-70-66-62-58-54-50-46-43-41-38-34-30-26-22-18-14-10-6-2)84-106-110(99,100)104-80-85(92)79-103-109(97,98)105-83-86(107-90(95)77-73-69-65-61-57-53-47-36-32-28-24-20-16-12-8-4)81-101-88(93)75-71-67-63-59-55-51-48-44-39-35-31-27-23-19-15-11-7-3/h9-11,13-15,21-23,25-27,33-39,42-43,45-48,51-52,54,56,58-59,63,85-87,92H,5-8,12,16-20,24,28-32,40-41,44,49-50,53,55,57,60-62,64-84H2,1-4H3,(H,97,98)(H,99,100)/b13-9-,14-10-,15-11-,25-21-,26-22-,27-23-,37-33-,38-34-,39-35-,45-42-,46-43-,47-36-,51-48-,56-52-,58-54-,63-59-. The van der Waals surface area contributed by atoms with Crippen LogP contribution in [0.3, 0.4) is 0 Å². The molecule has 5 unspecified atom stereocenters. The Balaban J connectivity index is 5.53. The second kappa shape index (κ2) is 80.9. The van der Waals surface area contributed by atoms with Crippen LogP contribution >= 0.6 is 15.6 Å². The lowest BCUT2D eigenvalue weighted by Crippen LogP contribution is -2.30. The number of phosphoric acid groups is 2. The second-order valence-corrected chi connectivity index (χ2v) is 29.8. The average Bonchev–Trinajstić information content (AvgIpc) is 0.900. The Morgan fingerprint density at radius 3 is 0.782 bits per heavy atom. The van der Waals surface area contributed by atoms with E-state index in [4.69, 9.17) is 37.0 Å². The largest absolute Gasteiger partial charge is 0.472 e. The van der Waals surface area contributed by atoms with Crippen molar-refractivity contribution in [3.8, 4) is 0 Å². The first kappa shape index (κ1) is 104. The van der Waals surface area contributed by atoms with Gasteiger partial charge in [0.1, 0.15) is 19.3 Å². The molecule has 0 aromatic rings. The average molecular weight is 1570 g/mol. The molecule has 0 heterocycles. The molecule has 0 aliphatic rings. The van der Waals surface area contributed by atoms with E-state index in [-0.39, 0.29) is 25.7 Å². The van der Waals surface area contributed by atoms with Gasteiger partial charge >= 0.3 is 39.5 Å². The van der Waals surface area contributed by atoms with Gasteiger partial charge in [0, 0.05) is 25.7 Å². The Bertz CT molecular complexity index is 2850. The molecule has 0 spiro atoms. The summed E-state index contributed by atoms with van der Waals surface area (Å²) in [6, 6.07) is 0. The van der Waals surface area contributed by atoms with E-state index in [0.29, 0.717) is 32.1 Å². The maximum absolute atomic E-state index is 13.1. The van der Waals surface area contributed by atoms with E-state index >= 15 is 0 Å². The van der Waals surface area contributed by atoms with Crippen molar-refractivity contribution in [2.45, 2.75) is 316 Å². The molecule has 19 heteroatoms. The molecular formula is C91H146O17P2. The Morgan fingerprint density at radius 2 is 0.482 bits per heavy atom. The summed E-state index contributed by atoms with van der Waals surface area (Å²) in [5, 5.41) is 10.7. The van der Waals surface area contributed by atoms with Crippen molar-refractivity contribution < 1.29 is 80.2 Å². The monoisotopic (exact) mass is 1570 g/mol. The summed E-state index contributed by atoms with van der Waals surface area (Å²) in [6.45, 7) is 4.37. The molecule has 0 aliphatic heterocycles. The van der Waals surface area contributed by atoms with E-state index in [1.165, 1.54) is 38.5 Å². The Hall–Kier alpha value is -6.10. The van der Waals surface area contributed by atoms with Gasteiger partial charge in [-0.05, 0) is 180 Å². The summed E-state index contributed by atoms with van der Waals surface area (Å²) >= 11 is 0. The number of carbonyl (C=O) groups excluding carboxylic acids is 4. The number of unbranched alkanes of at least 4 members (excludes halogenated alkanes) is 18. The highest BCUT2D eigenvalue weighted by Gasteiger charge is 2.30. The molecule has 0 bridgehead atoms. The van der Waals surface area contributed by atoms with Gasteiger partial charge in [-0.25, -0.2) is 9.13 Å². The predicted molar refractivity (Wildman–Crippen MR) is 454 cm³/mol. The van der Waals surface area contributed by atoms with Crippen LogP contribution in [0.25, 0.3) is 0 Å². The molecule has 17 nitrogen and oxygen atoms in total. The number of carbonyl (C=O) groups is 4. The lowest BCUT2D eigenvalue weighted by Gasteiger charge is -2.21. The highest BCUT2D eigenvalue weighted by Crippen LogP contribution is 2.45. The molecule has 0 radical (unpaired) electrons. The van der Waals surface area contributed by atoms with Gasteiger partial charge in [0.05, 0.1) is 26.4 Å². The van der Waals surface area contributed by atoms with Crippen molar-refractivity contribution in [2.24, 2.45) is 0 Å². The van der Waals surface area contributed by atoms with Gasteiger partial charge in [0.15, 0.2) is 12.2 Å². The van der Waals surface area contributed by atoms with Crippen molar-refractivity contribution >= 4 is 39.5 Å². The van der Waals surface area contributed by atoms with Crippen LogP contribution < -0.4 is 0 Å². The number of hydrogen-bond donors (Lipinski definition) is 3. The quantitative estimate of drug-likeness (QED) is 0.0169. The van der Waals surface area contributed by atoms with E-state index in [9.17, 15) is 43.2 Å². The van der Waals surface area contributed by atoms with E-state index in [0.717, 1.165) is 173 Å². The Kier molecular flexibility index (Phi) is 76.4. The van der Waals surface area contributed by atoms with Crippen LogP contribution in [0.2, 0.25) is 0 Å². The molecular weight excluding hydrogens is 1430 g/mol. The lowest BCUT2D eigenvalue weighted by atomic mass is 10.1. The zero-order chi connectivity index (χ0) is 80.3. The molecule has 0 amide bonds. The van der Waals surface area contributed by atoms with Crippen molar-refractivity contribution in [3.63, 3.8) is 0 Å². The lowest BCUT2D eigenvalue weighted by molar-refractivity contribution is -0.161. The van der Waals surface area contributed by atoms with Crippen molar-refractivity contribution in [2.75, 3.05) is 39.6 Å². The van der Waals surface area contributed by atoms with Crippen molar-refractivity contribution in [1.82, 2.24) is 0 Å². The zero-order valence-electron chi connectivity index (χ0n) is 68.1. The van der Waals surface area contributed by atoms with Crippen molar-refractivity contribution in [1.29, 1.82) is 0 Å². The first-order valence-corrected chi connectivity index (χ1v) is 44.7. The molecule has 3 N–H and O–H groups in total. The maximum atomic E-state index is 13.1. The third-order valence-corrected chi connectivity index (χ3v) is 18.4. The number of ether oxygens (including phenoxy) is 4. The molecule has 0 aliphatic carbocycles. The normalized spacial score (nSPS) is 14.8. The number of rotatable bonds is 76. The number of phosphoric ester groups is 2. The highest BCUT2D eigenvalue weighted by atomic mass is 31.2. The zero-order valence-corrected chi connectivity index (χ0v) is 69.9. The number of hydrogen-bond acceptors (Lipinski definition) is 15. The third-order valence-electron chi connectivity index (χ3n) is 16.5. The molecule has 0 rings (SSSR count). The molecule has 0 aromatic carbocycles. The minimum Gasteiger partial charge on any atom is -0.462 e. The van der Waals surface area contributed by atoms with Gasteiger partial charge in [-0.2, -0.15) is 0 Å². The van der Waals surface area contributed by atoms with E-state index in [1.54, 1.807) is 0 Å². The number of allylic oxidation sites excluding steroid dienone is 32. The van der Waals surface area contributed by atoms with E-state index < -0.39 is 97.5 Å². The number of aliphatic hydroxyl groups excluding tert-OH is 1. The van der Waals surface area contributed by atoms with Crippen LogP contribution in [0.15, 0.2) is 194 Å². The van der Waals surface area contributed by atoms with Crippen LogP contribution in [-0.4, -0.2) is 96.7 Å². The second-order valence-electron chi connectivity index (χ2n) is 26.9. The smallest absolute Gasteiger partial charge is 0.462 e. The van der Waals surface area contributed by atoms with Gasteiger partial charge in [0.2, 0.25) is 0 Å². The van der Waals surface area contributed by atoms with Gasteiger partial charge in [-0.15, -0.1) is 0 Å². The fourth-order valence-electron chi connectivity index (χ4n) is 10.3. The fraction of sp³-hybridized carbons (Fsp3) is 0.604. The number of esters is 4. The molecule has 622 valence electrons. The summed E-state index contributed by atoms with van der Waals surface area (Å²) in [7, 11) is -10.0. The first-order valence-electron chi connectivity index (χ1n) is 41.7. The molecule has 0 fully saturated rings. The van der Waals surface area contributed by atoms with E-state index in [1.807, 2.05) is 12.2 Å². The molecule has 0 saturated carbocycles. The van der Waals surface area contributed by atoms with Gasteiger partial charge < -0.3 is 33.8 Å². The highest BCUT2D eigenvalue weighted by molar-refractivity contribution is 7.47. The van der Waals surface area contributed by atoms with Crippen LogP contribution in [0.1, 0.15) is 297 Å². The van der Waals surface area contributed by atoms with Gasteiger partial charge in [0.25, 0.3) is 0 Å². The summed E-state index contributed by atoms with van der Waals surface area (Å²) < 4.78 is 68.6.